The molecule has 0 bridgehead atoms. The summed E-state index contributed by atoms with van der Waals surface area (Å²) in [6, 6.07) is 10.6. The zero-order chi connectivity index (χ0) is 26.0. The second-order valence-electron chi connectivity index (χ2n) is 7.69. The summed E-state index contributed by atoms with van der Waals surface area (Å²) in [5.74, 6) is -1.85. The topological polar surface area (TPSA) is 147 Å². The highest BCUT2D eigenvalue weighted by Gasteiger charge is 2.25. The summed E-state index contributed by atoms with van der Waals surface area (Å²) in [7, 11) is 1.34. The molecule has 0 saturated carbocycles. The smallest absolute Gasteiger partial charge is 0.339 e. The molecule has 2 aromatic heterocycles. The Balaban J connectivity index is 1.60. The number of halogens is 1. The van der Waals surface area contributed by atoms with E-state index in [9.17, 15) is 24.1 Å². The van der Waals surface area contributed by atoms with Gasteiger partial charge in [-0.1, -0.05) is 5.16 Å². The van der Waals surface area contributed by atoms with Crippen LogP contribution in [0.4, 0.5) is 15.8 Å². The monoisotopic (exact) mass is 494 g/mol. The lowest BCUT2D eigenvalue weighted by molar-refractivity contribution is -0.384. The van der Waals surface area contributed by atoms with Crippen LogP contribution in [0, 0.1) is 22.9 Å². The van der Waals surface area contributed by atoms with Crippen molar-refractivity contribution in [3.05, 3.63) is 75.7 Å². The second-order valence-corrected chi connectivity index (χ2v) is 7.69. The number of benzene rings is 2. The van der Waals surface area contributed by atoms with Crippen LogP contribution in [-0.2, 0) is 9.53 Å². The number of methoxy groups -OCH3 is 1. The normalized spacial score (nSPS) is 11.7. The SMILES string of the molecule is COc1ccc([N+](=O)[O-])cc1NC(=O)C(C)OC(=O)c1cc(-c2ccc(F)cc2)nc2onc(C)c12. The second kappa shape index (κ2) is 9.78. The number of rotatable bonds is 7. The Hall–Kier alpha value is -4.87. The first-order valence-electron chi connectivity index (χ1n) is 10.5. The third kappa shape index (κ3) is 4.82. The van der Waals surface area contributed by atoms with Crippen LogP contribution in [0.15, 0.2) is 53.1 Å². The average Bonchev–Trinajstić information content (AvgIpc) is 3.24. The minimum atomic E-state index is -1.29. The number of aromatic nitrogens is 2. The molecule has 4 rings (SSSR count). The molecule has 1 atom stereocenters. The van der Waals surface area contributed by atoms with Crippen molar-refractivity contribution in [1.29, 1.82) is 0 Å². The standard InChI is InChI=1S/C24H19FN4O7/c1-12-21-17(11-18(27-23(21)36-28-12)14-4-6-15(25)7-5-14)24(31)35-13(2)22(30)26-19-10-16(29(32)33)8-9-20(19)34-3/h4-11,13H,1-3H3,(H,26,30). The molecule has 36 heavy (non-hydrogen) atoms. The van der Waals surface area contributed by atoms with Crippen LogP contribution < -0.4 is 10.1 Å². The van der Waals surface area contributed by atoms with Gasteiger partial charge in [0, 0.05) is 17.7 Å². The molecular weight excluding hydrogens is 475 g/mol. The maximum Gasteiger partial charge on any atom is 0.339 e. The number of esters is 1. The quantitative estimate of drug-likeness (QED) is 0.224. The molecular formula is C24H19FN4O7. The van der Waals surface area contributed by atoms with Crippen molar-refractivity contribution >= 4 is 34.4 Å². The van der Waals surface area contributed by atoms with E-state index in [1.165, 1.54) is 56.5 Å². The summed E-state index contributed by atoms with van der Waals surface area (Å²) < 4.78 is 29.1. The van der Waals surface area contributed by atoms with E-state index in [0.29, 0.717) is 22.3 Å². The molecule has 0 fully saturated rings. The summed E-state index contributed by atoms with van der Waals surface area (Å²) in [4.78, 5) is 40.6. The van der Waals surface area contributed by atoms with Gasteiger partial charge in [-0.05, 0) is 50.2 Å². The van der Waals surface area contributed by atoms with Crippen LogP contribution in [-0.4, -0.2) is 40.2 Å². The maximum atomic E-state index is 13.3. The maximum absolute atomic E-state index is 13.3. The van der Waals surface area contributed by atoms with E-state index >= 15 is 0 Å². The number of amides is 1. The van der Waals surface area contributed by atoms with E-state index in [4.69, 9.17) is 14.0 Å². The zero-order valence-electron chi connectivity index (χ0n) is 19.3. The number of ether oxygens (including phenoxy) is 2. The van der Waals surface area contributed by atoms with Crippen LogP contribution in [0.25, 0.3) is 22.4 Å². The number of anilines is 1. The van der Waals surface area contributed by atoms with E-state index in [1.54, 1.807) is 6.92 Å². The van der Waals surface area contributed by atoms with Gasteiger partial charge >= 0.3 is 5.97 Å². The minimum absolute atomic E-state index is 0.0411. The first-order valence-corrected chi connectivity index (χ1v) is 10.5. The molecule has 0 aliphatic heterocycles. The largest absolute Gasteiger partial charge is 0.495 e. The van der Waals surface area contributed by atoms with Crippen LogP contribution in [0.3, 0.4) is 0 Å². The number of pyridine rings is 1. The van der Waals surface area contributed by atoms with Crippen molar-refractivity contribution in [2.75, 3.05) is 12.4 Å². The van der Waals surface area contributed by atoms with E-state index in [-0.39, 0.29) is 28.4 Å². The lowest BCUT2D eigenvalue weighted by Crippen LogP contribution is -2.30. The Morgan fingerprint density at radius 1 is 1.17 bits per heavy atom. The Bertz CT molecular complexity index is 1480. The molecule has 11 nitrogen and oxygen atoms in total. The number of nitro benzene ring substituents is 1. The van der Waals surface area contributed by atoms with Crippen LogP contribution in [0.2, 0.25) is 0 Å². The number of fused-ring (bicyclic) bond motifs is 1. The van der Waals surface area contributed by atoms with Gasteiger partial charge in [-0.25, -0.2) is 14.2 Å². The van der Waals surface area contributed by atoms with Gasteiger partial charge in [-0.3, -0.25) is 14.9 Å². The number of nitrogens with zero attached hydrogens (tertiary/aromatic N) is 3. The fourth-order valence-corrected chi connectivity index (χ4v) is 3.44. The number of hydrogen-bond acceptors (Lipinski definition) is 9. The molecule has 12 heteroatoms. The number of aryl methyl sites for hydroxylation is 1. The lowest BCUT2D eigenvalue weighted by atomic mass is 10.1. The summed E-state index contributed by atoms with van der Waals surface area (Å²) in [5.41, 5.74) is 1.11. The molecule has 0 saturated heterocycles. The van der Waals surface area contributed by atoms with E-state index in [0.717, 1.165) is 6.07 Å². The van der Waals surface area contributed by atoms with Crippen LogP contribution in [0.1, 0.15) is 23.0 Å². The lowest BCUT2D eigenvalue weighted by Gasteiger charge is -2.15. The summed E-state index contributed by atoms with van der Waals surface area (Å²) >= 11 is 0. The first-order chi connectivity index (χ1) is 17.2. The highest BCUT2D eigenvalue weighted by atomic mass is 19.1. The number of carbonyl (C=O) groups is 2. The Kier molecular flexibility index (Phi) is 6.59. The molecule has 0 aliphatic carbocycles. The van der Waals surface area contributed by atoms with Crippen LogP contribution in [0.5, 0.6) is 5.75 Å². The van der Waals surface area contributed by atoms with Crippen molar-refractivity contribution in [3.63, 3.8) is 0 Å². The van der Waals surface area contributed by atoms with Crippen molar-refractivity contribution in [2.45, 2.75) is 20.0 Å². The average molecular weight is 494 g/mol. The van der Waals surface area contributed by atoms with Gasteiger partial charge in [-0.15, -0.1) is 0 Å². The van der Waals surface area contributed by atoms with Gasteiger partial charge in [0.25, 0.3) is 17.3 Å². The van der Waals surface area contributed by atoms with Crippen molar-refractivity contribution < 1.29 is 32.9 Å². The number of carbonyl (C=O) groups excluding carboxylic acids is 2. The highest BCUT2D eigenvalue weighted by Crippen LogP contribution is 2.30. The summed E-state index contributed by atoms with van der Waals surface area (Å²) in [6.45, 7) is 2.96. The Morgan fingerprint density at radius 2 is 1.89 bits per heavy atom. The number of non-ortho nitro benzene ring substituents is 1. The molecule has 1 N–H and O–H groups in total. The predicted octanol–water partition coefficient (Wildman–Crippen LogP) is 4.44. The van der Waals surface area contributed by atoms with Crippen molar-refractivity contribution in [3.8, 4) is 17.0 Å². The van der Waals surface area contributed by atoms with Gasteiger partial charge in [0.1, 0.15) is 11.6 Å². The van der Waals surface area contributed by atoms with E-state index in [1.807, 2.05) is 0 Å². The molecule has 184 valence electrons. The van der Waals surface area contributed by atoms with E-state index in [2.05, 4.69) is 15.5 Å². The zero-order valence-corrected chi connectivity index (χ0v) is 19.3. The van der Waals surface area contributed by atoms with Crippen LogP contribution >= 0.6 is 0 Å². The summed E-state index contributed by atoms with van der Waals surface area (Å²) in [6.07, 6.45) is -1.29. The third-order valence-corrected chi connectivity index (χ3v) is 5.28. The van der Waals surface area contributed by atoms with Crippen molar-refractivity contribution in [1.82, 2.24) is 10.1 Å². The van der Waals surface area contributed by atoms with Gasteiger partial charge in [0.15, 0.2) is 6.10 Å². The fourth-order valence-electron chi connectivity index (χ4n) is 3.44. The summed E-state index contributed by atoms with van der Waals surface area (Å²) in [5, 5.41) is 17.7. The Labute approximate surface area is 203 Å². The molecule has 0 spiro atoms. The van der Waals surface area contributed by atoms with Gasteiger partial charge < -0.3 is 19.3 Å². The highest BCUT2D eigenvalue weighted by molar-refractivity contribution is 6.05. The van der Waals surface area contributed by atoms with Gasteiger partial charge in [0.2, 0.25) is 0 Å². The van der Waals surface area contributed by atoms with Gasteiger partial charge in [0.05, 0.1) is 40.1 Å². The molecule has 0 radical (unpaired) electrons. The Morgan fingerprint density at radius 3 is 2.56 bits per heavy atom. The minimum Gasteiger partial charge on any atom is -0.495 e. The first kappa shape index (κ1) is 24.3. The number of hydrogen-bond donors (Lipinski definition) is 1. The molecule has 1 unspecified atom stereocenters. The van der Waals surface area contributed by atoms with E-state index < -0.39 is 28.7 Å². The molecule has 2 aromatic carbocycles. The number of nitrogens with one attached hydrogen (secondary N) is 1. The molecule has 1 amide bonds. The van der Waals surface area contributed by atoms with Crippen molar-refractivity contribution in [2.24, 2.45) is 0 Å². The van der Waals surface area contributed by atoms with Gasteiger partial charge in [-0.2, -0.15) is 0 Å². The fraction of sp³-hybridized carbons (Fsp3) is 0.167. The molecule has 4 aromatic rings. The predicted molar refractivity (Wildman–Crippen MR) is 125 cm³/mol. The molecule has 2 heterocycles. The number of nitro groups is 1. The molecule has 0 aliphatic rings. The third-order valence-electron chi connectivity index (χ3n) is 5.28.